The van der Waals surface area contributed by atoms with Crippen molar-refractivity contribution in [2.45, 2.75) is 17.1 Å². The molecule has 0 spiro atoms. The van der Waals surface area contributed by atoms with Gasteiger partial charge in [-0.2, -0.15) is 0 Å². The second-order valence-electron chi connectivity index (χ2n) is 10.9. The molecule has 0 saturated carbocycles. The third kappa shape index (κ3) is 9.77. The monoisotopic (exact) mass is 687 g/mol. The minimum absolute atomic E-state index is 0.0662. The first-order chi connectivity index (χ1) is 24.3. The summed E-state index contributed by atoms with van der Waals surface area (Å²) in [5, 5.41) is 8.04. The summed E-state index contributed by atoms with van der Waals surface area (Å²) in [6, 6.07) is 37.7. The molecule has 50 heavy (non-hydrogen) atoms. The van der Waals surface area contributed by atoms with Crippen LogP contribution in [-0.2, 0) is 9.59 Å². The minimum Gasteiger partial charge on any atom is -0.497 e. The number of nitrogens with one attached hydrogen (secondary N) is 3. The van der Waals surface area contributed by atoms with E-state index in [9.17, 15) is 14.4 Å². The van der Waals surface area contributed by atoms with E-state index in [0.29, 0.717) is 46.4 Å². The molecule has 0 aromatic heterocycles. The van der Waals surface area contributed by atoms with Gasteiger partial charge >= 0.3 is 0 Å². The molecule has 0 bridgehead atoms. The molecular weight excluding hydrogens is 651 g/mol. The number of carbonyl (C=O) groups is 3. The predicted octanol–water partition coefficient (Wildman–Crippen LogP) is 7.98. The van der Waals surface area contributed by atoms with Crippen LogP contribution >= 0.6 is 11.8 Å². The van der Waals surface area contributed by atoms with Crippen LogP contribution in [0.15, 0.2) is 138 Å². The van der Waals surface area contributed by atoms with Crippen LogP contribution in [-0.4, -0.2) is 38.5 Å². The predicted molar refractivity (Wildman–Crippen MR) is 198 cm³/mol. The van der Waals surface area contributed by atoms with E-state index in [2.05, 4.69) is 16.0 Å². The Balaban J connectivity index is 1.33. The highest BCUT2D eigenvalue weighted by Gasteiger charge is 2.23. The summed E-state index contributed by atoms with van der Waals surface area (Å²) in [5.41, 5.74) is 3.06. The van der Waals surface area contributed by atoms with Gasteiger partial charge in [-0.05, 0) is 72.7 Å². The highest BCUT2D eigenvalue weighted by atomic mass is 32.2. The molecule has 0 fully saturated rings. The number of thioether (sulfide) groups is 1. The van der Waals surface area contributed by atoms with Gasteiger partial charge in [0.15, 0.2) is 0 Å². The van der Waals surface area contributed by atoms with E-state index in [1.165, 1.54) is 11.8 Å². The topological polar surface area (TPSA) is 115 Å². The van der Waals surface area contributed by atoms with Crippen molar-refractivity contribution in [3.63, 3.8) is 0 Å². The second kappa shape index (κ2) is 17.4. The lowest BCUT2D eigenvalue weighted by molar-refractivity contribution is -0.116. The molecule has 1 atom stereocenters. The van der Waals surface area contributed by atoms with Crippen molar-refractivity contribution in [1.29, 1.82) is 0 Å². The maximum atomic E-state index is 13.7. The standard InChI is InChI=1S/C40H37N3O6S/c1-4-49-32-19-15-27(16-20-32)23-36(43-38(44)29-13-9-6-10-14-29)39(45)41-30-17-21-35(22-18-30)50-37(28-11-7-5-8-12-28)40(46)42-31-24-33(47-2)26-34(25-31)48-3/h5-26,37H,4H2,1-3H3,(H,41,45)(H,42,46)(H,43,44)/b36-23-. The Kier molecular flexibility index (Phi) is 12.3. The first kappa shape index (κ1) is 35.3. The summed E-state index contributed by atoms with van der Waals surface area (Å²) >= 11 is 1.37. The van der Waals surface area contributed by atoms with E-state index in [0.717, 1.165) is 10.5 Å². The van der Waals surface area contributed by atoms with Gasteiger partial charge in [0, 0.05) is 40.0 Å². The van der Waals surface area contributed by atoms with Gasteiger partial charge in [0.05, 0.1) is 20.8 Å². The number of anilines is 2. The third-order valence-electron chi connectivity index (χ3n) is 7.36. The molecule has 9 nitrogen and oxygen atoms in total. The zero-order chi connectivity index (χ0) is 35.3. The summed E-state index contributed by atoms with van der Waals surface area (Å²) in [4.78, 5) is 41.1. The van der Waals surface area contributed by atoms with Crippen LogP contribution < -0.4 is 30.2 Å². The zero-order valence-electron chi connectivity index (χ0n) is 27.8. The summed E-state index contributed by atoms with van der Waals surface area (Å²) in [5.74, 6) is 0.666. The number of carbonyl (C=O) groups excluding carboxylic acids is 3. The lowest BCUT2D eigenvalue weighted by Crippen LogP contribution is -2.30. The van der Waals surface area contributed by atoms with E-state index in [1.54, 1.807) is 87.0 Å². The molecule has 5 aromatic rings. The van der Waals surface area contributed by atoms with Crippen LogP contribution in [0.5, 0.6) is 17.2 Å². The number of hydrogen-bond acceptors (Lipinski definition) is 7. The van der Waals surface area contributed by atoms with E-state index in [4.69, 9.17) is 14.2 Å². The smallest absolute Gasteiger partial charge is 0.272 e. The van der Waals surface area contributed by atoms with Crippen LogP contribution in [0, 0.1) is 0 Å². The SMILES string of the molecule is CCOc1ccc(/C=C(\NC(=O)c2ccccc2)C(=O)Nc2ccc(SC(C(=O)Nc3cc(OC)cc(OC)c3)c3ccccc3)cc2)cc1. The lowest BCUT2D eigenvalue weighted by atomic mass is 10.1. The van der Waals surface area contributed by atoms with Crippen molar-refractivity contribution >= 4 is 46.9 Å². The van der Waals surface area contributed by atoms with E-state index in [-0.39, 0.29) is 11.6 Å². The van der Waals surface area contributed by atoms with Gasteiger partial charge in [-0.3, -0.25) is 14.4 Å². The molecule has 0 radical (unpaired) electrons. The normalized spacial score (nSPS) is 11.5. The van der Waals surface area contributed by atoms with Gasteiger partial charge in [0.1, 0.15) is 28.2 Å². The van der Waals surface area contributed by atoms with Crippen LogP contribution in [0.1, 0.15) is 33.7 Å². The number of amides is 3. The fourth-order valence-electron chi connectivity index (χ4n) is 4.88. The Morgan fingerprint density at radius 3 is 1.92 bits per heavy atom. The molecule has 1 unspecified atom stereocenters. The van der Waals surface area contributed by atoms with Crippen LogP contribution in [0.4, 0.5) is 11.4 Å². The molecule has 5 rings (SSSR count). The number of methoxy groups -OCH3 is 2. The number of benzene rings is 5. The molecule has 3 N–H and O–H groups in total. The highest BCUT2D eigenvalue weighted by Crippen LogP contribution is 2.37. The zero-order valence-corrected chi connectivity index (χ0v) is 28.7. The van der Waals surface area contributed by atoms with Gasteiger partial charge in [-0.1, -0.05) is 60.7 Å². The van der Waals surface area contributed by atoms with Crippen molar-refractivity contribution in [3.05, 3.63) is 150 Å². The number of rotatable bonds is 14. The van der Waals surface area contributed by atoms with Crippen LogP contribution in [0.2, 0.25) is 0 Å². The molecule has 0 aliphatic carbocycles. The largest absolute Gasteiger partial charge is 0.497 e. The molecule has 0 heterocycles. The molecule has 0 aliphatic rings. The van der Waals surface area contributed by atoms with Crippen molar-refractivity contribution in [2.24, 2.45) is 0 Å². The maximum absolute atomic E-state index is 13.7. The fraction of sp³-hybridized carbons (Fsp3) is 0.125. The van der Waals surface area contributed by atoms with Crippen molar-refractivity contribution in [3.8, 4) is 17.2 Å². The molecule has 0 saturated heterocycles. The Labute approximate surface area is 295 Å². The molecule has 3 amide bonds. The first-order valence-electron chi connectivity index (χ1n) is 15.8. The highest BCUT2D eigenvalue weighted by molar-refractivity contribution is 8.00. The van der Waals surface area contributed by atoms with Crippen LogP contribution in [0.25, 0.3) is 6.08 Å². The quantitative estimate of drug-likeness (QED) is 0.0801. The van der Waals surface area contributed by atoms with Gasteiger partial charge in [0.2, 0.25) is 5.91 Å². The molecule has 5 aromatic carbocycles. The van der Waals surface area contributed by atoms with E-state index >= 15 is 0 Å². The summed E-state index contributed by atoms with van der Waals surface area (Å²) in [7, 11) is 3.10. The first-order valence-corrected chi connectivity index (χ1v) is 16.7. The second-order valence-corrected chi connectivity index (χ2v) is 12.0. The average Bonchev–Trinajstić information content (AvgIpc) is 3.15. The van der Waals surface area contributed by atoms with Gasteiger partial charge in [-0.25, -0.2) is 0 Å². The van der Waals surface area contributed by atoms with E-state index in [1.807, 2.05) is 67.6 Å². The fourth-order valence-corrected chi connectivity index (χ4v) is 5.90. The van der Waals surface area contributed by atoms with Crippen molar-refractivity contribution < 1.29 is 28.6 Å². The van der Waals surface area contributed by atoms with Crippen molar-refractivity contribution in [1.82, 2.24) is 5.32 Å². The van der Waals surface area contributed by atoms with Gasteiger partial charge in [-0.15, -0.1) is 11.8 Å². The lowest BCUT2D eigenvalue weighted by Gasteiger charge is -2.18. The number of hydrogen-bond donors (Lipinski definition) is 3. The molecular formula is C40H37N3O6S. The summed E-state index contributed by atoms with van der Waals surface area (Å²) < 4.78 is 16.2. The molecule has 0 aliphatic heterocycles. The van der Waals surface area contributed by atoms with Gasteiger partial charge < -0.3 is 30.2 Å². The summed E-state index contributed by atoms with van der Waals surface area (Å²) in [6.07, 6.45) is 1.61. The van der Waals surface area contributed by atoms with E-state index < -0.39 is 17.1 Å². The van der Waals surface area contributed by atoms with Crippen LogP contribution in [0.3, 0.4) is 0 Å². The average molecular weight is 688 g/mol. The molecule has 10 heteroatoms. The van der Waals surface area contributed by atoms with Gasteiger partial charge in [0.25, 0.3) is 11.8 Å². The van der Waals surface area contributed by atoms with Crippen molar-refractivity contribution in [2.75, 3.05) is 31.5 Å². The Hall–Kier alpha value is -6.00. The third-order valence-corrected chi connectivity index (χ3v) is 8.62. The Morgan fingerprint density at radius 1 is 0.700 bits per heavy atom. The molecule has 254 valence electrons. The minimum atomic E-state index is -0.592. The Bertz CT molecular complexity index is 1910. The summed E-state index contributed by atoms with van der Waals surface area (Å²) in [6.45, 7) is 2.44. The maximum Gasteiger partial charge on any atom is 0.272 e. The number of ether oxygens (including phenoxy) is 3. The Morgan fingerprint density at radius 2 is 1.32 bits per heavy atom.